The molecule has 2 N–H and O–H groups in total. The lowest BCUT2D eigenvalue weighted by molar-refractivity contribution is -0.119. The van der Waals surface area contributed by atoms with Crippen molar-refractivity contribution in [3.05, 3.63) is 48.0 Å². The minimum atomic E-state index is -0.792. The Kier molecular flexibility index (Phi) is 6.27. The van der Waals surface area contributed by atoms with Crippen LogP contribution in [-0.2, 0) is 11.3 Å². The Balaban J connectivity index is 1.50. The Morgan fingerprint density at radius 3 is 2.59 bits per heavy atom. The molecule has 0 spiro atoms. The fraction of sp³-hybridized carbons (Fsp3) is 0.455. The molecule has 1 aliphatic heterocycles. The summed E-state index contributed by atoms with van der Waals surface area (Å²) in [4.78, 5) is 19.7. The van der Waals surface area contributed by atoms with Crippen molar-refractivity contribution in [3.8, 4) is 5.88 Å². The van der Waals surface area contributed by atoms with Crippen LogP contribution in [0.1, 0.15) is 26.3 Å². The molecule has 1 saturated heterocycles. The predicted octanol–water partition coefficient (Wildman–Crippen LogP) is 2.19. The van der Waals surface area contributed by atoms with E-state index >= 15 is 0 Å². The minimum Gasteiger partial charge on any atom is -0.471 e. The molecule has 156 valence electrons. The second-order valence-corrected chi connectivity index (χ2v) is 8.22. The molecule has 29 heavy (non-hydrogen) atoms. The summed E-state index contributed by atoms with van der Waals surface area (Å²) in [5.74, 6) is 1.34. The number of pyridine rings is 1. The van der Waals surface area contributed by atoms with Gasteiger partial charge in [-0.15, -0.1) is 0 Å². The van der Waals surface area contributed by atoms with E-state index in [0.717, 1.165) is 30.2 Å². The molecule has 2 aromatic rings. The van der Waals surface area contributed by atoms with Gasteiger partial charge in [0.05, 0.1) is 18.7 Å². The van der Waals surface area contributed by atoms with Gasteiger partial charge in [-0.2, -0.15) is 4.98 Å². The molecule has 1 aliphatic rings. The van der Waals surface area contributed by atoms with Crippen molar-refractivity contribution in [1.29, 1.82) is 0 Å². The molecule has 0 radical (unpaired) electrons. The van der Waals surface area contributed by atoms with E-state index in [9.17, 15) is 9.90 Å². The Hall–Kier alpha value is -2.80. The molecule has 0 atom stereocenters. The summed E-state index contributed by atoms with van der Waals surface area (Å²) >= 11 is 0. The number of rotatable bonds is 8. The molecule has 2 heterocycles. The van der Waals surface area contributed by atoms with E-state index in [4.69, 9.17) is 4.74 Å². The fourth-order valence-corrected chi connectivity index (χ4v) is 3.29. The number of amides is 1. The van der Waals surface area contributed by atoms with Gasteiger partial charge in [0.1, 0.15) is 11.9 Å². The lowest BCUT2D eigenvalue weighted by Crippen LogP contribution is -2.54. The quantitative estimate of drug-likeness (QED) is 0.710. The van der Waals surface area contributed by atoms with Gasteiger partial charge in [-0.25, -0.2) is 0 Å². The summed E-state index contributed by atoms with van der Waals surface area (Å²) in [6, 6.07) is 13.9. The maximum absolute atomic E-state index is 11.0. The second kappa shape index (κ2) is 8.69. The maximum atomic E-state index is 11.0. The van der Waals surface area contributed by atoms with Crippen molar-refractivity contribution in [2.75, 3.05) is 36.5 Å². The summed E-state index contributed by atoms with van der Waals surface area (Å²) in [6.45, 7) is 7.71. The molecule has 1 aromatic carbocycles. The van der Waals surface area contributed by atoms with Crippen molar-refractivity contribution >= 4 is 17.4 Å². The molecule has 1 fully saturated rings. The third-order valence-corrected chi connectivity index (χ3v) is 4.70. The van der Waals surface area contributed by atoms with Gasteiger partial charge in [0.2, 0.25) is 11.8 Å². The third kappa shape index (κ3) is 6.09. The van der Waals surface area contributed by atoms with Crippen LogP contribution in [0.3, 0.4) is 0 Å². The maximum Gasteiger partial charge on any atom is 0.217 e. The highest BCUT2D eigenvalue weighted by Crippen LogP contribution is 2.25. The first-order valence-electron chi connectivity index (χ1n) is 9.85. The number of ether oxygens (including phenoxy) is 1. The first kappa shape index (κ1) is 20.9. The minimum absolute atomic E-state index is 0.0271. The smallest absolute Gasteiger partial charge is 0.217 e. The number of benzene rings is 1. The van der Waals surface area contributed by atoms with Crippen LogP contribution in [0.25, 0.3) is 0 Å². The highest BCUT2D eigenvalue weighted by Gasteiger charge is 2.29. The van der Waals surface area contributed by atoms with Crippen LogP contribution in [0.15, 0.2) is 42.5 Å². The summed E-state index contributed by atoms with van der Waals surface area (Å²) in [7, 11) is 1.91. The van der Waals surface area contributed by atoms with E-state index in [-0.39, 0.29) is 12.0 Å². The summed E-state index contributed by atoms with van der Waals surface area (Å²) in [5.41, 5.74) is 1.43. The van der Waals surface area contributed by atoms with E-state index in [0.29, 0.717) is 19.0 Å². The normalized spacial score (nSPS) is 14.3. The molecule has 1 aromatic heterocycles. The number of carbonyl (C=O) groups is 1. The van der Waals surface area contributed by atoms with Crippen LogP contribution in [0.4, 0.5) is 11.5 Å². The summed E-state index contributed by atoms with van der Waals surface area (Å²) in [6.07, 6.45) is 0.0939. The highest BCUT2D eigenvalue weighted by atomic mass is 16.5. The zero-order valence-electron chi connectivity index (χ0n) is 17.6. The average molecular weight is 399 g/mol. The molecule has 0 unspecified atom stereocenters. The number of anilines is 2. The molecular formula is C22H30N4O3. The van der Waals surface area contributed by atoms with Crippen molar-refractivity contribution in [3.63, 3.8) is 0 Å². The fourth-order valence-electron chi connectivity index (χ4n) is 3.29. The number of hydrogen-bond acceptors (Lipinski definition) is 6. The van der Waals surface area contributed by atoms with Gasteiger partial charge in [0.15, 0.2) is 0 Å². The molecule has 7 heteroatoms. The zero-order valence-corrected chi connectivity index (χ0v) is 17.6. The second-order valence-electron chi connectivity index (χ2n) is 8.22. The Bertz CT molecular complexity index is 827. The number of nitrogens with one attached hydrogen (secondary N) is 1. The van der Waals surface area contributed by atoms with Crippen LogP contribution < -0.4 is 19.9 Å². The van der Waals surface area contributed by atoms with E-state index in [1.807, 2.05) is 42.3 Å². The number of aliphatic hydroxyl groups is 1. The van der Waals surface area contributed by atoms with Crippen molar-refractivity contribution < 1.29 is 14.6 Å². The van der Waals surface area contributed by atoms with Crippen molar-refractivity contribution in [2.45, 2.75) is 39.0 Å². The van der Waals surface area contributed by atoms with Crippen molar-refractivity contribution in [2.24, 2.45) is 0 Å². The Morgan fingerprint density at radius 1 is 1.28 bits per heavy atom. The number of carbonyl (C=O) groups excluding carboxylic acids is 1. The molecule has 3 rings (SSSR count). The Morgan fingerprint density at radius 2 is 1.97 bits per heavy atom. The lowest BCUT2D eigenvalue weighted by Gasteiger charge is -2.40. The average Bonchev–Trinajstić information content (AvgIpc) is 2.62. The van der Waals surface area contributed by atoms with Gasteiger partial charge in [-0.3, -0.25) is 4.79 Å². The van der Waals surface area contributed by atoms with Crippen LogP contribution >= 0.6 is 0 Å². The van der Waals surface area contributed by atoms with E-state index in [1.165, 1.54) is 6.92 Å². The number of likely N-dealkylation sites (N-methyl/N-ethyl adjacent to an activating group) is 1. The van der Waals surface area contributed by atoms with Gasteiger partial charge in [-0.1, -0.05) is 18.2 Å². The van der Waals surface area contributed by atoms with E-state index in [2.05, 4.69) is 27.3 Å². The number of aromatic nitrogens is 1. The van der Waals surface area contributed by atoms with Crippen LogP contribution in [0.2, 0.25) is 0 Å². The molecule has 0 saturated carbocycles. The predicted molar refractivity (Wildman–Crippen MR) is 114 cm³/mol. The van der Waals surface area contributed by atoms with Crippen molar-refractivity contribution in [1.82, 2.24) is 10.3 Å². The topological polar surface area (TPSA) is 77.9 Å². The largest absolute Gasteiger partial charge is 0.471 e. The standard InChI is InChI=1S/C22H30N4O3/c1-16(27)23-12-17-8-10-18(11-9-17)26-13-19(14-26)29-21-7-5-6-20(24-21)25(4)15-22(2,3)28/h5-11,19,28H,12-15H2,1-4H3,(H,23,27). The van der Waals surface area contributed by atoms with Gasteiger partial charge in [0.25, 0.3) is 0 Å². The molecule has 7 nitrogen and oxygen atoms in total. The van der Waals surface area contributed by atoms with Crippen LogP contribution in [0, 0.1) is 0 Å². The first-order chi connectivity index (χ1) is 13.7. The molecule has 1 amide bonds. The molecule has 0 bridgehead atoms. The third-order valence-electron chi connectivity index (χ3n) is 4.70. The SMILES string of the molecule is CC(=O)NCc1ccc(N2CC(Oc3cccc(N(C)CC(C)(C)O)n3)C2)cc1. The van der Waals surface area contributed by atoms with Gasteiger partial charge >= 0.3 is 0 Å². The van der Waals surface area contributed by atoms with Gasteiger partial charge in [-0.05, 0) is 37.6 Å². The Labute approximate surface area is 172 Å². The zero-order chi connectivity index (χ0) is 21.0. The summed E-state index contributed by atoms with van der Waals surface area (Å²) < 4.78 is 6.02. The summed E-state index contributed by atoms with van der Waals surface area (Å²) in [5, 5.41) is 12.8. The molecular weight excluding hydrogens is 368 g/mol. The lowest BCUT2D eigenvalue weighted by atomic mass is 10.1. The number of nitrogens with zero attached hydrogens (tertiary/aromatic N) is 3. The van der Waals surface area contributed by atoms with E-state index < -0.39 is 5.60 Å². The highest BCUT2D eigenvalue weighted by molar-refractivity contribution is 5.72. The monoisotopic (exact) mass is 398 g/mol. The van der Waals surface area contributed by atoms with Crippen LogP contribution in [0.5, 0.6) is 5.88 Å². The van der Waals surface area contributed by atoms with Gasteiger partial charge < -0.3 is 25.0 Å². The van der Waals surface area contributed by atoms with Crippen LogP contribution in [-0.4, -0.2) is 54.4 Å². The van der Waals surface area contributed by atoms with Gasteiger partial charge in [0, 0.05) is 38.8 Å². The molecule has 0 aliphatic carbocycles. The first-order valence-corrected chi connectivity index (χ1v) is 9.85. The van der Waals surface area contributed by atoms with E-state index in [1.54, 1.807) is 13.8 Å². The number of hydrogen-bond donors (Lipinski definition) is 2.